The van der Waals surface area contributed by atoms with E-state index in [1.54, 1.807) is 18.2 Å². The largest absolute Gasteiger partial charge is 0.418 e. The third kappa shape index (κ3) is 4.21. The lowest BCUT2D eigenvalue weighted by Gasteiger charge is -2.15. The van der Waals surface area contributed by atoms with Crippen molar-refractivity contribution in [3.05, 3.63) is 71.7 Å². The molecule has 32 heavy (non-hydrogen) atoms. The Labute approximate surface area is 181 Å². The first kappa shape index (κ1) is 21.2. The molecule has 4 rings (SSSR count). The number of nitriles is 1. The van der Waals surface area contributed by atoms with E-state index in [-0.39, 0.29) is 17.3 Å². The van der Waals surface area contributed by atoms with Crippen LogP contribution in [0.2, 0.25) is 0 Å². The van der Waals surface area contributed by atoms with Crippen LogP contribution < -0.4 is 5.32 Å². The van der Waals surface area contributed by atoms with Gasteiger partial charge in [0, 0.05) is 23.5 Å². The van der Waals surface area contributed by atoms with Crippen molar-refractivity contribution in [1.29, 1.82) is 5.26 Å². The van der Waals surface area contributed by atoms with E-state index in [0.717, 1.165) is 11.8 Å². The van der Waals surface area contributed by atoms with E-state index in [2.05, 4.69) is 25.3 Å². The summed E-state index contributed by atoms with van der Waals surface area (Å²) in [5.41, 5.74) is 1.08. The second kappa shape index (κ2) is 8.23. The average molecular weight is 434 g/mol. The molecule has 0 unspecified atom stereocenters. The maximum atomic E-state index is 13.5. The Balaban J connectivity index is 1.84. The molecule has 1 N–H and O–H groups in total. The highest BCUT2D eigenvalue weighted by Gasteiger charge is 2.34. The highest BCUT2D eigenvalue weighted by atomic mass is 19.4. The van der Waals surface area contributed by atoms with Crippen LogP contribution in [0.15, 0.2) is 54.9 Å². The minimum atomic E-state index is -4.55. The first-order valence-corrected chi connectivity index (χ1v) is 9.73. The van der Waals surface area contributed by atoms with Crippen LogP contribution in [0.5, 0.6) is 0 Å². The minimum absolute atomic E-state index is 0.0555. The Morgan fingerprint density at radius 1 is 1.03 bits per heavy atom. The predicted molar refractivity (Wildman–Crippen MR) is 114 cm³/mol. The zero-order chi connectivity index (χ0) is 22.9. The highest BCUT2D eigenvalue weighted by molar-refractivity contribution is 5.92. The van der Waals surface area contributed by atoms with Gasteiger partial charge in [-0.05, 0) is 48.4 Å². The van der Waals surface area contributed by atoms with E-state index in [0.29, 0.717) is 28.1 Å². The average Bonchev–Trinajstić information content (AvgIpc) is 2.78. The molecule has 0 aliphatic heterocycles. The number of alkyl halides is 3. The number of halogens is 3. The van der Waals surface area contributed by atoms with Gasteiger partial charge in [0.15, 0.2) is 5.65 Å². The monoisotopic (exact) mass is 434 g/mol. The summed E-state index contributed by atoms with van der Waals surface area (Å²) in [6.07, 6.45) is -1.80. The summed E-state index contributed by atoms with van der Waals surface area (Å²) in [5, 5.41) is 12.8. The highest BCUT2D eigenvalue weighted by Crippen LogP contribution is 2.36. The zero-order valence-corrected chi connectivity index (χ0v) is 17.1. The van der Waals surface area contributed by atoms with Crippen molar-refractivity contribution in [3.8, 4) is 17.5 Å². The molecule has 0 aliphatic carbocycles. The van der Waals surface area contributed by atoms with Gasteiger partial charge in [-0.2, -0.15) is 18.4 Å². The van der Waals surface area contributed by atoms with Gasteiger partial charge < -0.3 is 5.32 Å². The van der Waals surface area contributed by atoms with E-state index in [1.807, 2.05) is 26.0 Å². The molecular weight excluding hydrogens is 417 g/mol. The van der Waals surface area contributed by atoms with E-state index in [9.17, 15) is 13.2 Å². The number of fused-ring (bicyclic) bond motifs is 1. The van der Waals surface area contributed by atoms with Gasteiger partial charge >= 0.3 is 6.18 Å². The molecule has 0 bridgehead atoms. The van der Waals surface area contributed by atoms with Crippen molar-refractivity contribution in [2.75, 3.05) is 5.32 Å². The Morgan fingerprint density at radius 2 is 1.84 bits per heavy atom. The third-order valence-electron chi connectivity index (χ3n) is 4.80. The van der Waals surface area contributed by atoms with E-state index < -0.39 is 11.7 Å². The van der Waals surface area contributed by atoms with Crippen LogP contribution in [-0.4, -0.2) is 19.9 Å². The Bertz CT molecular complexity index is 1320. The lowest BCUT2D eigenvalue weighted by molar-refractivity contribution is -0.137. The summed E-state index contributed by atoms with van der Waals surface area (Å²) in [4.78, 5) is 17.1. The zero-order valence-electron chi connectivity index (χ0n) is 17.1. The summed E-state index contributed by atoms with van der Waals surface area (Å²) in [6.45, 7) is 3.92. The molecular formula is C23H17F3N6. The van der Waals surface area contributed by atoms with Gasteiger partial charge in [-0.25, -0.2) is 15.0 Å². The molecule has 4 heterocycles. The van der Waals surface area contributed by atoms with Crippen LogP contribution in [0.3, 0.4) is 0 Å². The van der Waals surface area contributed by atoms with Crippen molar-refractivity contribution >= 4 is 22.5 Å². The molecule has 0 atom stereocenters. The molecule has 0 saturated heterocycles. The number of hydrogen-bond acceptors (Lipinski definition) is 6. The van der Waals surface area contributed by atoms with Crippen molar-refractivity contribution < 1.29 is 13.2 Å². The molecule has 0 spiro atoms. The number of hydrogen-bond donors (Lipinski definition) is 1. The summed E-state index contributed by atoms with van der Waals surface area (Å²) >= 11 is 0. The fraction of sp³-hybridized carbons (Fsp3) is 0.174. The van der Waals surface area contributed by atoms with Crippen molar-refractivity contribution in [3.63, 3.8) is 0 Å². The molecule has 0 radical (unpaired) electrons. The van der Waals surface area contributed by atoms with Crippen LogP contribution in [0, 0.1) is 11.3 Å². The first-order chi connectivity index (χ1) is 15.3. The number of nitrogens with zero attached hydrogens (tertiary/aromatic N) is 5. The number of rotatable bonds is 4. The summed E-state index contributed by atoms with van der Waals surface area (Å²) in [6, 6.07) is 12.6. The van der Waals surface area contributed by atoms with Crippen molar-refractivity contribution in [2.24, 2.45) is 0 Å². The summed E-state index contributed by atoms with van der Waals surface area (Å²) < 4.78 is 40.4. The second-order valence-corrected chi connectivity index (χ2v) is 7.38. The summed E-state index contributed by atoms with van der Waals surface area (Å²) in [7, 11) is 0. The fourth-order valence-electron chi connectivity index (χ4n) is 3.17. The quantitative estimate of drug-likeness (QED) is 0.434. The maximum absolute atomic E-state index is 13.5. The van der Waals surface area contributed by atoms with Gasteiger partial charge in [0.2, 0.25) is 0 Å². The SMILES string of the molecule is CC(C)c1cc(Nc2ccc(C#N)cn2)c2ccc(-c3ncccc3C(F)(F)F)nc2n1. The van der Waals surface area contributed by atoms with Gasteiger partial charge in [-0.15, -0.1) is 0 Å². The van der Waals surface area contributed by atoms with Crippen molar-refractivity contribution in [2.45, 2.75) is 25.9 Å². The fourth-order valence-corrected chi connectivity index (χ4v) is 3.17. The Hall–Kier alpha value is -4.06. The van der Waals surface area contributed by atoms with Crippen LogP contribution >= 0.6 is 0 Å². The van der Waals surface area contributed by atoms with Crippen LogP contribution in [-0.2, 0) is 6.18 Å². The van der Waals surface area contributed by atoms with Gasteiger partial charge in [-0.1, -0.05) is 13.8 Å². The summed E-state index contributed by atoms with van der Waals surface area (Å²) in [5.74, 6) is 0.569. The molecule has 0 saturated carbocycles. The molecule has 160 valence electrons. The molecule has 0 fully saturated rings. The van der Waals surface area contributed by atoms with Gasteiger partial charge in [-0.3, -0.25) is 4.98 Å². The first-order valence-electron chi connectivity index (χ1n) is 9.73. The molecule has 0 aromatic carbocycles. The number of pyridine rings is 4. The molecule has 9 heteroatoms. The van der Waals surface area contributed by atoms with Crippen molar-refractivity contribution in [1.82, 2.24) is 19.9 Å². The van der Waals surface area contributed by atoms with E-state index >= 15 is 0 Å². The normalized spacial score (nSPS) is 11.5. The molecule has 6 nitrogen and oxygen atoms in total. The number of anilines is 2. The predicted octanol–water partition coefficient (Wildman–Crippen LogP) is 5.84. The molecule has 0 aliphatic rings. The van der Waals surface area contributed by atoms with Crippen LogP contribution in [0.25, 0.3) is 22.4 Å². The van der Waals surface area contributed by atoms with Crippen LogP contribution in [0.4, 0.5) is 24.7 Å². The lowest BCUT2D eigenvalue weighted by Crippen LogP contribution is -2.09. The lowest BCUT2D eigenvalue weighted by atomic mass is 10.1. The molecule has 4 aromatic rings. The maximum Gasteiger partial charge on any atom is 0.418 e. The molecule has 0 amide bonds. The minimum Gasteiger partial charge on any atom is -0.340 e. The smallest absolute Gasteiger partial charge is 0.340 e. The second-order valence-electron chi connectivity index (χ2n) is 7.38. The Morgan fingerprint density at radius 3 is 2.50 bits per heavy atom. The number of aromatic nitrogens is 4. The third-order valence-corrected chi connectivity index (χ3v) is 4.80. The van der Waals surface area contributed by atoms with Gasteiger partial charge in [0.1, 0.15) is 17.6 Å². The van der Waals surface area contributed by atoms with Gasteiger partial charge in [0.05, 0.1) is 22.5 Å². The molecule has 4 aromatic heterocycles. The topological polar surface area (TPSA) is 87.4 Å². The van der Waals surface area contributed by atoms with E-state index in [4.69, 9.17) is 5.26 Å². The standard InChI is InChI=1S/C23H17F3N6/c1-13(2)18-10-19(30-20-8-5-14(11-27)12-29-20)15-6-7-17(31-22(15)32-18)21-16(23(24,25)26)4-3-9-28-21/h3-10,12-13H,1-2H3,(H,29,30,31,32). The Kier molecular flexibility index (Phi) is 5.45. The van der Waals surface area contributed by atoms with E-state index in [1.165, 1.54) is 24.5 Å². The number of nitrogens with one attached hydrogen (secondary N) is 1. The van der Waals surface area contributed by atoms with Gasteiger partial charge in [0.25, 0.3) is 0 Å². The van der Waals surface area contributed by atoms with Crippen LogP contribution in [0.1, 0.15) is 36.6 Å².